The minimum absolute atomic E-state index is 0.00431. The van der Waals surface area contributed by atoms with Crippen LogP contribution in [0.15, 0.2) is 66.7 Å². The predicted molar refractivity (Wildman–Crippen MR) is 165 cm³/mol. The Morgan fingerprint density at radius 1 is 1.10 bits per heavy atom. The lowest BCUT2D eigenvalue weighted by molar-refractivity contribution is -0.943. The van der Waals surface area contributed by atoms with Gasteiger partial charge in [0.2, 0.25) is 12.6 Å². The van der Waals surface area contributed by atoms with E-state index in [1.165, 1.54) is 21.6 Å². The van der Waals surface area contributed by atoms with Crippen LogP contribution < -0.4 is 10.2 Å². The predicted octanol–water partition coefficient (Wildman–Crippen LogP) is 5.80. The number of benzene rings is 3. The fourth-order valence-corrected chi connectivity index (χ4v) is 6.87. The number of amides is 1. The van der Waals surface area contributed by atoms with Gasteiger partial charge in [-0.2, -0.15) is 4.37 Å². The molecule has 1 N–H and O–H groups in total. The van der Waals surface area contributed by atoms with Gasteiger partial charge >= 0.3 is 5.97 Å². The maximum atomic E-state index is 13.4. The average Bonchev–Trinajstić information content (AvgIpc) is 3.58. The summed E-state index contributed by atoms with van der Waals surface area (Å²) in [5.41, 5.74) is 2.98. The number of aromatic nitrogens is 1. The van der Waals surface area contributed by atoms with Gasteiger partial charge in [-0.3, -0.25) is 14.1 Å². The van der Waals surface area contributed by atoms with Crippen LogP contribution in [0.25, 0.3) is 10.1 Å². The molecule has 3 heterocycles. The number of anilines is 2. The number of nitrogens with zero attached hydrogens (tertiary/aromatic N) is 3. The van der Waals surface area contributed by atoms with Crippen molar-refractivity contribution >= 4 is 56.6 Å². The van der Waals surface area contributed by atoms with E-state index < -0.39 is 5.41 Å². The molecule has 1 saturated heterocycles. The molecule has 0 bridgehead atoms. The Balaban J connectivity index is 1.21. The minimum atomic E-state index is -0.755. The molecule has 0 saturated carbocycles. The van der Waals surface area contributed by atoms with Gasteiger partial charge in [0.05, 0.1) is 49.3 Å². The molecule has 7 nitrogen and oxygen atoms in total. The molecule has 2 aliphatic rings. The fraction of sp³-hybridized carbons (Fsp3) is 0.344. The summed E-state index contributed by atoms with van der Waals surface area (Å²) in [6, 6.07) is 22.0. The molecular formula is C32H34ClN4O3S+. The van der Waals surface area contributed by atoms with E-state index in [9.17, 15) is 9.59 Å². The number of quaternary nitrogens is 1. The first-order valence-electron chi connectivity index (χ1n) is 14.0. The van der Waals surface area contributed by atoms with Crippen LogP contribution in [0.2, 0.25) is 5.02 Å². The molecule has 3 aromatic carbocycles. The smallest absolute Gasteiger partial charge is 0.320 e. The number of ether oxygens (including phenoxy) is 1. The van der Waals surface area contributed by atoms with Gasteiger partial charge in [0.15, 0.2) is 5.82 Å². The van der Waals surface area contributed by atoms with Gasteiger partial charge in [-0.1, -0.05) is 60.1 Å². The van der Waals surface area contributed by atoms with E-state index >= 15 is 0 Å². The quantitative estimate of drug-likeness (QED) is 0.208. The molecule has 2 aliphatic heterocycles. The van der Waals surface area contributed by atoms with E-state index in [4.69, 9.17) is 20.7 Å². The zero-order valence-electron chi connectivity index (χ0n) is 23.4. The molecule has 1 aromatic heterocycles. The monoisotopic (exact) mass is 589 g/mol. The number of hydrogen-bond acceptors (Lipinski definition) is 6. The van der Waals surface area contributed by atoms with Crippen LogP contribution in [-0.2, 0) is 32.6 Å². The molecular weight excluding hydrogens is 556 g/mol. The number of carbonyl (C=O) groups excluding carboxylic acids is 2. The van der Waals surface area contributed by atoms with Crippen molar-refractivity contribution in [2.24, 2.45) is 0 Å². The number of carbonyl (C=O) groups is 2. The van der Waals surface area contributed by atoms with Crippen LogP contribution in [0.4, 0.5) is 11.5 Å². The van der Waals surface area contributed by atoms with Gasteiger partial charge in [-0.25, -0.2) is 0 Å². The summed E-state index contributed by atoms with van der Waals surface area (Å²) in [5, 5.41) is 4.71. The first-order valence-corrected chi connectivity index (χ1v) is 15.2. The summed E-state index contributed by atoms with van der Waals surface area (Å²) in [6.45, 7) is 8.14. The number of piperazine rings is 1. The van der Waals surface area contributed by atoms with Gasteiger partial charge in [0, 0.05) is 22.5 Å². The van der Waals surface area contributed by atoms with Gasteiger partial charge in [0.1, 0.15) is 0 Å². The largest absolute Gasteiger partial charge is 0.414 e. The third-order valence-electron chi connectivity index (χ3n) is 8.57. The van der Waals surface area contributed by atoms with Crippen LogP contribution >= 0.6 is 23.1 Å². The highest BCUT2D eigenvalue weighted by atomic mass is 35.5. The Hall–Kier alpha value is -3.46. The zero-order chi connectivity index (χ0) is 28.6. The maximum Gasteiger partial charge on any atom is 0.320 e. The van der Waals surface area contributed by atoms with E-state index in [0.29, 0.717) is 22.7 Å². The first kappa shape index (κ1) is 27.7. The maximum absolute atomic E-state index is 13.4. The van der Waals surface area contributed by atoms with Crippen molar-refractivity contribution in [1.82, 2.24) is 4.37 Å². The Morgan fingerprint density at radius 2 is 1.83 bits per heavy atom. The number of rotatable bonds is 8. The molecule has 41 heavy (non-hydrogen) atoms. The summed E-state index contributed by atoms with van der Waals surface area (Å²) >= 11 is 8.19. The number of hydrogen-bond donors (Lipinski definition) is 1. The third-order valence-corrected chi connectivity index (χ3v) is 9.74. The van der Waals surface area contributed by atoms with Gasteiger partial charge in [-0.05, 0) is 60.3 Å². The molecule has 9 heteroatoms. The van der Waals surface area contributed by atoms with E-state index in [1.54, 1.807) is 0 Å². The lowest BCUT2D eigenvalue weighted by Crippen LogP contribution is -2.61. The van der Waals surface area contributed by atoms with Crippen molar-refractivity contribution in [3.8, 4) is 0 Å². The summed E-state index contributed by atoms with van der Waals surface area (Å²) in [6.07, 6.45) is 1.10. The first-order chi connectivity index (χ1) is 19.7. The molecule has 1 fully saturated rings. The number of nitrogens with one attached hydrogen (secondary N) is 1. The Morgan fingerprint density at radius 3 is 2.61 bits per heavy atom. The molecule has 0 unspecified atom stereocenters. The fourth-order valence-electron chi connectivity index (χ4n) is 5.82. The SMILES string of the molecule is CC(C)(C(=O)OC[N+]1(CCc2cc3c(cc2Cl)NC(=O)C3)CCN(c2nsc3ccccc23)CC1)c1ccccc1. The summed E-state index contributed by atoms with van der Waals surface area (Å²) < 4.78 is 12.7. The molecule has 0 atom stereocenters. The standard InChI is InChI=1S/C32H33ClN4O3S/c1-32(2,24-8-4-3-5-9-24)31(39)40-21-37(15-12-22-18-23-19-29(38)34-27(23)20-26(22)33)16-13-36(14-17-37)30-25-10-6-7-11-28(25)41-35-30/h3-11,18,20H,12-17,19,21H2,1-2H3/p+1. The highest BCUT2D eigenvalue weighted by molar-refractivity contribution is 7.13. The van der Waals surface area contributed by atoms with Crippen molar-refractivity contribution in [1.29, 1.82) is 0 Å². The lowest BCUT2D eigenvalue weighted by atomic mass is 9.85. The molecule has 4 aromatic rings. The molecule has 1 amide bonds. The van der Waals surface area contributed by atoms with Crippen LogP contribution in [0.3, 0.4) is 0 Å². The van der Waals surface area contributed by atoms with Crippen LogP contribution in [0.5, 0.6) is 0 Å². The van der Waals surface area contributed by atoms with E-state index in [1.807, 2.05) is 62.4 Å². The van der Waals surface area contributed by atoms with Crippen molar-refractivity contribution in [3.63, 3.8) is 0 Å². The zero-order valence-corrected chi connectivity index (χ0v) is 24.9. The van der Waals surface area contributed by atoms with Gasteiger partial charge < -0.3 is 15.0 Å². The van der Waals surface area contributed by atoms with Crippen molar-refractivity contribution in [2.45, 2.75) is 32.1 Å². The van der Waals surface area contributed by atoms with E-state index in [-0.39, 0.29) is 11.9 Å². The number of fused-ring (bicyclic) bond motifs is 2. The minimum Gasteiger partial charge on any atom is -0.414 e. The summed E-state index contributed by atoms with van der Waals surface area (Å²) in [5.74, 6) is 0.800. The van der Waals surface area contributed by atoms with Gasteiger partial charge in [-0.15, -0.1) is 0 Å². The highest BCUT2D eigenvalue weighted by Gasteiger charge is 2.38. The van der Waals surface area contributed by atoms with Crippen LogP contribution in [0, 0.1) is 0 Å². The Bertz CT molecular complexity index is 1600. The summed E-state index contributed by atoms with van der Waals surface area (Å²) in [4.78, 5) is 27.7. The number of halogens is 1. The normalized spacial score (nSPS) is 16.5. The van der Waals surface area contributed by atoms with Gasteiger partial charge in [0.25, 0.3) is 0 Å². The van der Waals surface area contributed by atoms with E-state index in [2.05, 4.69) is 28.4 Å². The second-order valence-corrected chi connectivity index (χ2v) is 12.8. The van der Waals surface area contributed by atoms with Crippen molar-refractivity contribution in [2.75, 3.05) is 49.7 Å². The van der Waals surface area contributed by atoms with Crippen molar-refractivity contribution < 1.29 is 18.8 Å². The molecule has 0 aliphatic carbocycles. The topological polar surface area (TPSA) is 71.5 Å². The molecule has 6 rings (SSSR count). The Kier molecular flexibility index (Phi) is 7.49. The average molecular weight is 590 g/mol. The second kappa shape index (κ2) is 11.1. The molecule has 0 spiro atoms. The number of esters is 1. The highest BCUT2D eigenvalue weighted by Crippen LogP contribution is 2.33. The van der Waals surface area contributed by atoms with Crippen LogP contribution in [0.1, 0.15) is 30.5 Å². The molecule has 0 radical (unpaired) electrons. The lowest BCUT2D eigenvalue weighted by Gasteiger charge is -2.44. The Labute approximate surface area is 249 Å². The third kappa shape index (κ3) is 5.56. The second-order valence-electron chi connectivity index (χ2n) is 11.6. The summed E-state index contributed by atoms with van der Waals surface area (Å²) in [7, 11) is 0. The van der Waals surface area contributed by atoms with E-state index in [0.717, 1.165) is 67.3 Å². The van der Waals surface area contributed by atoms with Crippen molar-refractivity contribution in [3.05, 3.63) is 88.4 Å². The van der Waals surface area contributed by atoms with Crippen LogP contribution in [-0.4, -0.2) is 60.2 Å². The molecule has 212 valence electrons.